The van der Waals surface area contributed by atoms with Crippen LogP contribution in [0.2, 0.25) is 0 Å². The summed E-state index contributed by atoms with van der Waals surface area (Å²) in [7, 11) is 0. The molecule has 134 valence electrons. The number of hydrogen-bond donors (Lipinski definition) is 1. The van der Waals surface area contributed by atoms with Crippen LogP contribution in [0.5, 0.6) is 0 Å². The Morgan fingerprint density at radius 2 is 1.96 bits per heavy atom. The maximum absolute atomic E-state index is 12.1. The summed E-state index contributed by atoms with van der Waals surface area (Å²) >= 11 is 0.780. The molecule has 0 unspecified atom stereocenters. The van der Waals surface area contributed by atoms with E-state index in [2.05, 4.69) is 41.5 Å². The quantitative estimate of drug-likeness (QED) is 0.517. The lowest BCUT2D eigenvalue weighted by Crippen LogP contribution is -2.10. The van der Waals surface area contributed by atoms with Gasteiger partial charge in [-0.1, -0.05) is 54.5 Å². The number of nitrogens with zero attached hydrogens (tertiary/aromatic N) is 3. The van der Waals surface area contributed by atoms with E-state index < -0.39 is 10.8 Å². The summed E-state index contributed by atoms with van der Waals surface area (Å²) in [6.07, 6.45) is 0.450. The van der Waals surface area contributed by atoms with Gasteiger partial charge in [-0.3, -0.25) is 20.2 Å². The zero-order valence-corrected chi connectivity index (χ0v) is 14.9. The number of thiophene rings is 1. The van der Waals surface area contributed by atoms with Gasteiger partial charge >= 0.3 is 11.0 Å². The number of carbonyl (C=O) groups is 1. The molecule has 0 saturated heterocycles. The summed E-state index contributed by atoms with van der Waals surface area (Å²) in [6.45, 7) is 4.26. The summed E-state index contributed by atoms with van der Waals surface area (Å²) in [5.74, 6) is 0.302. The zero-order valence-electron chi connectivity index (χ0n) is 14.1. The summed E-state index contributed by atoms with van der Waals surface area (Å²) < 4.78 is 5.43. The molecule has 0 saturated carbocycles. The first-order chi connectivity index (χ1) is 12.4. The monoisotopic (exact) mass is 372 g/mol. The van der Waals surface area contributed by atoms with Gasteiger partial charge in [0.15, 0.2) is 0 Å². The molecule has 0 fully saturated rings. The molecule has 0 atom stereocenters. The summed E-state index contributed by atoms with van der Waals surface area (Å²) in [5, 5.41) is 20.7. The Labute approximate surface area is 153 Å². The average molecular weight is 372 g/mol. The van der Waals surface area contributed by atoms with Crippen LogP contribution >= 0.6 is 11.3 Å². The maximum Gasteiger partial charge on any atom is 0.324 e. The molecule has 3 rings (SSSR count). The van der Waals surface area contributed by atoms with Crippen molar-refractivity contribution in [2.45, 2.75) is 26.2 Å². The van der Waals surface area contributed by atoms with Crippen LogP contribution in [0.1, 0.15) is 46.5 Å². The van der Waals surface area contributed by atoms with Crippen molar-refractivity contribution in [1.29, 1.82) is 0 Å². The highest BCUT2D eigenvalue weighted by Gasteiger charge is 2.17. The normalized spacial score (nSPS) is 10.9. The van der Waals surface area contributed by atoms with Gasteiger partial charge in [-0.05, 0) is 23.1 Å². The molecule has 2 heterocycles. The molecule has 0 aliphatic rings. The van der Waals surface area contributed by atoms with Gasteiger partial charge in [-0.25, -0.2) is 0 Å². The Balaban J connectivity index is 1.63. The average Bonchev–Trinajstić information content (AvgIpc) is 3.25. The maximum atomic E-state index is 12.1. The third-order valence-corrected chi connectivity index (χ3v) is 4.72. The van der Waals surface area contributed by atoms with E-state index >= 15 is 0 Å². The first-order valence-electron chi connectivity index (χ1n) is 7.89. The van der Waals surface area contributed by atoms with Crippen LogP contribution in [0.25, 0.3) is 0 Å². The smallest absolute Gasteiger partial charge is 0.324 e. The molecule has 0 aliphatic carbocycles. The SMILES string of the molecule is CC(C)c1ccc(Cc2nnc(NC(=O)c3ccc([N+](=O)[O-])s3)o2)cc1. The second kappa shape index (κ2) is 7.44. The second-order valence-electron chi connectivity index (χ2n) is 5.92. The van der Waals surface area contributed by atoms with Crippen LogP contribution in [-0.2, 0) is 6.42 Å². The number of anilines is 1. The Bertz CT molecular complexity index is 930. The van der Waals surface area contributed by atoms with Crippen molar-refractivity contribution in [3.63, 3.8) is 0 Å². The van der Waals surface area contributed by atoms with Gasteiger partial charge in [0.1, 0.15) is 0 Å². The molecule has 1 amide bonds. The molecule has 0 aliphatic heterocycles. The van der Waals surface area contributed by atoms with Crippen LogP contribution in [0.15, 0.2) is 40.8 Å². The highest BCUT2D eigenvalue weighted by molar-refractivity contribution is 7.17. The second-order valence-corrected chi connectivity index (χ2v) is 6.99. The number of hydrogen-bond acceptors (Lipinski definition) is 7. The molecule has 9 heteroatoms. The number of benzene rings is 1. The van der Waals surface area contributed by atoms with E-state index in [4.69, 9.17) is 4.42 Å². The van der Waals surface area contributed by atoms with Gasteiger partial charge in [0, 0.05) is 6.07 Å². The number of rotatable bonds is 6. The topological polar surface area (TPSA) is 111 Å². The molecule has 0 spiro atoms. The van der Waals surface area contributed by atoms with Crippen molar-refractivity contribution >= 4 is 28.3 Å². The van der Waals surface area contributed by atoms with E-state index in [0.29, 0.717) is 18.2 Å². The molecular weight excluding hydrogens is 356 g/mol. The lowest BCUT2D eigenvalue weighted by Gasteiger charge is -2.05. The van der Waals surface area contributed by atoms with Gasteiger partial charge in [0.2, 0.25) is 5.89 Å². The fourth-order valence-electron chi connectivity index (χ4n) is 2.28. The van der Waals surface area contributed by atoms with Gasteiger partial charge in [0.25, 0.3) is 5.91 Å². The van der Waals surface area contributed by atoms with E-state index in [1.54, 1.807) is 0 Å². The zero-order chi connectivity index (χ0) is 18.7. The molecule has 2 aromatic heterocycles. The number of amides is 1. The molecule has 26 heavy (non-hydrogen) atoms. The van der Waals surface area contributed by atoms with E-state index in [9.17, 15) is 14.9 Å². The first kappa shape index (κ1) is 17.7. The predicted octanol–water partition coefficient (Wildman–Crippen LogP) is 4.01. The number of nitrogens with one attached hydrogen (secondary N) is 1. The van der Waals surface area contributed by atoms with Crippen LogP contribution < -0.4 is 5.32 Å². The standard InChI is InChI=1S/C17H16N4O4S/c1-10(2)12-5-3-11(4-6-12)9-14-19-20-17(25-14)18-16(22)13-7-8-15(26-13)21(23)24/h3-8,10H,9H2,1-2H3,(H,18,20,22). The molecule has 0 radical (unpaired) electrons. The Kier molecular flexibility index (Phi) is 5.08. The van der Waals surface area contributed by atoms with Crippen molar-refractivity contribution in [1.82, 2.24) is 10.2 Å². The van der Waals surface area contributed by atoms with Crippen molar-refractivity contribution < 1.29 is 14.1 Å². The van der Waals surface area contributed by atoms with Gasteiger partial charge in [0.05, 0.1) is 16.2 Å². The van der Waals surface area contributed by atoms with E-state index in [0.717, 1.165) is 16.9 Å². The first-order valence-corrected chi connectivity index (χ1v) is 8.71. The number of nitro groups is 1. The minimum Gasteiger partial charge on any atom is -0.407 e. The molecule has 8 nitrogen and oxygen atoms in total. The molecule has 1 aromatic carbocycles. The largest absolute Gasteiger partial charge is 0.407 e. The molecule has 0 bridgehead atoms. The highest BCUT2D eigenvalue weighted by atomic mass is 32.1. The minimum absolute atomic E-state index is 0.0418. The van der Waals surface area contributed by atoms with Gasteiger partial charge < -0.3 is 4.42 Å². The number of aromatic nitrogens is 2. The van der Waals surface area contributed by atoms with Crippen molar-refractivity contribution in [2.24, 2.45) is 0 Å². The fourth-order valence-corrected chi connectivity index (χ4v) is 2.99. The van der Waals surface area contributed by atoms with E-state index in [-0.39, 0.29) is 15.9 Å². The van der Waals surface area contributed by atoms with E-state index in [1.807, 2.05) is 12.1 Å². The van der Waals surface area contributed by atoms with Crippen LogP contribution in [0.3, 0.4) is 0 Å². The van der Waals surface area contributed by atoms with Crippen LogP contribution in [0.4, 0.5) is 11.0 Å². The van der Waals surface area contributed by atoms with Crippen LogP contribution in [0, 0.1) is 10.1 Å². The third kappa shape index (κ3) is 4.12. The highest BCUT2D eigenvalue weighted by Crippen LogP contribution is 2.24. The Morgan fingerprint density at radius 3 is 2.58 bits per heavy atom. The Hall–Kier alpha value is -3.07. The predicted molar refractivity (Wildman–Crippen MR) is 96.6 cm³/mol. The summed E-state index contributed by atoms with van der Waals surface area (Å²) in [6, 6.07) is 10.7. The third-order valence-electron chi connectivity index (χ3n) is 3.68. The Morgan fingerprint density at radius 1 is 1.23 bits per heavy atom. The van der Waals surface area contributed by atoms with Gasteiger partial charge in [-0.15, -0.1) is 5.10 Å². The molecule has 1 N–H and O–H groups in total. The minimum atomic E-state index is -0.545. The van der Waals surface area contributed by atoms with Crippen molar-refractivity contribution in [3.05, 3.63) is 68.4 Å². The van der Waals surface area contributed by atoms with Crippen molar-refractivity contribution in [2.75, 3.05) is 5.32 Å². The lowest BCUT2D eigenvalue weighted by molar-refractivity contribution is -0.380. The lowest BCUT2D eigenvalue weighted by atomic mass is 10.0. The van der Waals surface area contributed by atoms with Crippen LogP contribution in [-0.4, -0.2) is 21.0 Å². The summed E-state index contributed by atoms with van der Waals surface area (Å²) in [5.41, 5.74) is 2.27. The van der Waals surface area contributed by atoms with Gasteiger partial charge in [-0.2, -0.15) is 0 Å². The number of carbonyl (C=O) groups excluding carboxylic acids is 1. The van der Waals surface area contributed by atoms with E-state index in [1.165, 1.54) is 17.7 Å². The van der Waals surface area contributed by atoms with Crippen molar-refractivity contribution in [3.8, 4) is 0 Å². The summed E-state index contributed by atoms with van der Waals surface area (Å²) in [4.78, 5) is 22.4. The molecule has 3 aromatic rings. The fraction of sp³-hybridized carbons (Fsp3) is 0.235. The molecular formula is C17H16N4O4S.